The molecule has 2 aromatic carbocycles. The Bertz CT molecular complexity index is 840. The van der Waals surface area contributed by atoms with Crippen molar-refractivity contribution in [3.63, 3.8) is 0 Å². The summed E-state index contributed by atoms with van der Waals surface area (Å²) in [5, 5.41) is 0.927. The quantitative estimate of drug-likeness (QED) is 0.720. The fourth-order valence-electron chi connectivity index (χ4n) is 2.41. The average Bonchev–Trinajstić information content (AvgIpc) is 2.41. The van der Waals surface area contributed by atoms with Crippen molar-refractivity contribution in [1.29, 1.82) is 0 Å². The molecule has 1 unspecified atom stereocenters. The zero-order valence-corrected chi connectivity index (χ0v) is 13.0. The maximum atomic E-state index is 11.1. The Morgan fingerprint density at radius 3 is 2.33 bits per heavy atom. The van der Waals surface area contributed by atoms with E-state index in [4.69, 9.17) is 3.74 Å². The van der Waals surface area contributed by atoms with E-state index in [-0.39, 0.29) is 0 Å². The second-order valence-corrected chi connectivity index (χ2v) is 7.48. The van der Waals surface area contributed by atoms with E-state index in [1.165, 1.54) is 0 Å². The fraction of sp³-hybridized carbons (Fsp3) is 0.133. The van der Waals surface area contributed by atoms with Gasteiger partial charge in [0.05, 0.1) is 19.6 Å². The monoisotopic (exact) mass is 324 g/mol. The molecule has 0 spiro atoms. The van der Waals surface area contributed by atoms with Crippen LogP contribution in [0.2, 0.25) is 0 Å². The zero-order chi connectivity index (χ0) is 15.2. The van der Waals surface area contributed by atoms with Crippen molar-refractivity contribution in [3.05, 3.63) is 62.8 Å². The Labute approximate surface area is 126 Å². The minimum atomic E-state index is -4.50. The standard InChI is InChI=1S/C15H13ClO4S/c1-10-7-8-11(2)15-13(10)9-12-5-3-4-6-14(12)21(15)20-16(17,18)19/h3-9H,1-2H3. The van der Waals surface area contributed by atoms with Gasteiger partial charge >= 0.3 is 0 Å². The molecule has 0 aromatic heterocycles. The van der Waals surface area contributed by atoms with E-state index in [0.717, 1.165) is 26.4 Å². The summed E-state index contributed by atoms with van der Waals surface area (Å²) in [4.78, 5) is 0.714. The molecule has 0 N–H and O–H groups in total. The maximum absolute atomic E-state index is 11.1. The molecule has 2 aromatic rings. The molecule has 0 radical (unpaired) electrons. The summed E-state index contributed by atoms with van der Waals surface area (Å²) in [6.07, 6.45) is 2.01. The zero-order valence-electron chi connectivity index (χ0n) is 11.5. The van der Waals surface area contributed by atoms with Gasteiger partial charge < -0.3 is 0 Å². The lowest BCUT2D eigenvalue weighted by Crippen LogP contribution is -2.60. The van der Waals surface area contributed by atoms with E-state index in [1.54, 1.807) is 12.1 Å². The SMILES string of the molecule is Cc1ccc(C)c2c1=Cc1ccccc1S=2O[Cl+3]([O-])([O-])[O-]. The molecule has 0 saturated heterocycles. The van der Waals surface area contributed by atoms with Crippen LogP contribution in [0.3, 0.4) is 0 Å². The first kappa shape index (κ1) is 14.7. The third-order valence-electron chi connectivity index (χ3n) is 3.36. The average molecular weight is 325 g/mol. The Hall–Kier alpha value is -1.21. The number of hydrogen-bond donors (Lipinski definition) is 0. The maximum Gasteiger partial charge on any atom is 0.148 e. The van der Waals surface area contributed by atoms with E-state index in [0.29, 0.717) is 4.90 Å². The van der Waals surface area contributed by atoms with Gasteiger partial charge in [0.2, 0.25) is 0 Å². The van der Waals surface area contributed by atoms with Crippen molar-refractivity contribution >= 4 is 16.8 Å². The van der Waals surface area contributed by atoms with Crippen molar-refractivity contribution in [2.45, 2.75) is 18.7 Å². The van der Waals surface area contributed by atoms with E-state index < -0.39 is 21.0 Å². The molecule has 110 valence electrons. The van der Waals surface area contributed by atoms with E-state index in [1.807, 2.05) is 44.2 Å². The lowest BCUT2D eigenvalue weighted by Gasteiger charge is -2.18. The van der Waals surface area contributed by atoms with Gasteiger partial charge in [0, 0.05) is 0 Å². The summed E-state index contributed by atoms with van der Waals surface area (Å²) in [5.41, 5.74) is 2.80. The Kier molecular flexibility index (Phi) is 3.65. The molecule has 0 saturated carbocycles. The number of fused-ring (bicyclic) bond motifs is 2. The summed E-state index contributed by atoms with van der Waals surface area (Å²) in [6, 6.07) is 11.2. The van der Waals surface area contributed by atoms with Gasteiger partial charge in [0.1, 0.15) is 14.5 Å². The van der Waals surface area contributed by atoms with Crippen LogP contribution in [0.25, 0.3) is 6.08 Å². The third kappa shape index (κ3) is 2.76. The van der Waals surface area contributed by atoms with Crippen LogP contribution in [0, 0.1) is 28.6 Å². The van der Waals surface area contributed by atoms with Gasteiger partial charge in [-0.2, -0.15) is 14.0 Å². The molecule has 0 amide bonds. The molecular formula is C15H13ClO4S. The highest BCUT2D eigenvalue weighted by atomic mass is 35.7. The molecule has 0 aliphatic carbocycles. The summed E-state index contributed by atoms with van der Waals surface area (Å²) in [5.74, 6) is 0. The van der Waals surface area contributed by atoms with Crippen LogP contribution >= 0.6 is 10.8 Å². The van der Waals surface area contributed by atoms with Crippen LogP contribution in [0.4, 0.5) is 0 Å². The summed E-state index contributed by atoms with van der Waals surface area (Å²) in [6.45, 7) is 3.84. The van der Waals surface area contributed by atoms with Crippen LogP contribution in [-0.4, -0.2) is 0 Å². The van der Waals surface area contributed by atoms with Gasteiger partial charge in [-0.1, -0.05) is 30.3 Å². The molecule has 3 rings (SSSR count). The van der Waals surface area contributed by atoms with Gasteiger partial charge in [-0.05, 0) is 47.9 Å². The number of hydrogen-bond acceptors (Lipinski definition) is 4. The number of benzene rings is 2. The second-order valence-electron chi connectivity index (χ2n) is 4.83. The van der Waals surface area contributed by atoms with Crippen LogP contribution in [0.1, 0.15) is 16.7 Å². The van der Waals surface area contributed by atoms with Crippen molar-refractivity contribution in [3.8, 4) is 0 Å². The molecule has 1 aliphatic rings. The fourth-order valence-corrected chi connectivity index (χ4v) is 5.09. The van der Waals surface area contributed by atoms with Crippen molar-refractivity contribution < 1.29 is 28.0 Å². The predicted octanol–water partition coefficient (Wildman–Crippen LogP) is -0.147. The summed E-state index contributed by atoms with van der Waals surface area (Å²) < 4.78 is 38.9. The summed E-state index contributed by atoms with van der Waals surface area (Å²) in [7, 11) is -5.73. The number of aryl methyl sites for hydroxylation is 2. The first-order chi connectivity index (χ1) is 9.87. The van der Waals surface area contributed by atoms with Gasteiger partial charge in [0.15, 0.2) is 0 Å². The highest BCUT2D eigenvalue weighted by Crippen LogP contribution is 2.38. The minimum absolute atomic E-state index is 0.714. The van der Waals surface area contributed by atoms with E-state index >= 15 is 0 Å². The van der Waals surface area contributed by atoms with E-state index in [2.05, 4.69) is 0 Å². The first-order valence-electron chi connectivity index (χ1n) is 6.26. The van der Waals surface area contributed by atoms with Crippen LogP contribution < -0.4 is 19.2 Å². The summed E-state index contributed by atoms with van der Waals surface area (Å²) >= 11 is 0. The first-order valence-corrected chi connectivity index (χ1v) is 8.64. The van der Waals surface area contributed by atoms with Crippen LogP contribution in [-0.2, 0) is 3.74 Å². The Balaban J connectivity index is 2.45. The molecule has 1 heterocycles. The number of rotatable bonds is 2. The smallest absolute Gasteiger partial charge is 0.148 e. The third-order valence-corrected chi connectivity index (χ3v) is 6.16. The van der Waals surface area contributed by atoms with Crippen molar-refractivity contribution in [1.82, 2.24) is 0 Å². The molecule has 1 atom stereocenters. The minimum Gasteiger partial charge on any atom is -0.182 e. The van der Waals surface area contributed by atoms with Gasteiger partial charge in [-0.15, -0.1) is 0 Å². The van der Waals surface area contributed by atoms with Crippen molar-refractivity contribution in [2.24, 2.45) is 0 Å². The van der Waals surface area contributed by atoms with Gasteiger partial charge in [0.25, 0.3) is 0 Å². The second kappa shape index (κ2) is 5.21. The topological polar surface area (TPSA) is 78.4 Å². The van der Waals surface area contributed by atoms with Crippen LogP contribution in [0.15, 0.2) is 41.3 Å². The molecule has 6 heteroatoms. The van der Waals surface area contributed by atoms with Crippen molar-refractivity contribution in [2.75, 3.05) is 0 Å². The highest BCUT2D eigenvalue weighted by Gasteiger charge is 2.28. The highest BCUT2D eigenvalue weighted by molar-refractivity contribution is 8.05. The predicted molar refractivity (Wildman–Crippen MR) is 71.3 cm³/mol. The largest absolute Gasteiger partial charge is 0.182 e. The molecule has 0 bridgehead atoms. The molecular weight excluding hydrogens is 312 g/mol. The normalized spacial score (nSPS) is 16.9. The molecule has 1 aliphatic heterocycles. The molecule has 21 heavy (non-hydrogen) atoms. The van der Waals surface area contributed by atoms with Crippen LogP contribution in [0.5, 0.6) is 0 Å². The van der Waals surface area contributed by atoms with E-state index in [9.17, 15) is 14.0 Å². The lowest BCUT2D eigenvalue weighted by molar-refractivity contribution is -1.91. The molecule has 4 nitrogen and oxygen atoms in total. The lowest BCUT2D eigenvalue weighted by atomic mass is 10.1. The number of halogens is 1. The van der Waals surface area contributed by atoms with Gasteiger partial charge in [-0.25, -0.2) is 0 Å². The Morgan fingerprint density at radius 1 is 0.952 bits per heavy atom. The Morgan fingerprint density at radius 2 is 1.62 bits per heavy atom. The molecule has 0 fully saturated rings. The van der Waals surface area contributed by atoms with Gasteiger partial charge in [-0.3, -0.25) is 0 Å².